The normalized spacial score (nSPS) is 11.9. The molecule has 140 valence electrons. The Balaban J connectivity index is -0.000000539. The number of nitrogens with zero attached hydrogens (tertiary/aromatic N) is 1. The van der Waals surface area contributed by atoms with Crippen LogP contribution in [-0.4, -0.2) is 32.1 Å². The fourth-order valence-electron chi connectivity index (χ4n) is 2.47. The molecule has 0 heterocycles. The standard InChI is InChI=1S/C16H20N.C4H10N.2ClH.Ti/c1-4-14-7-5-6-8-16(14)15-10-9-13(11-15)12-17(2)3;1-2-3-4-5;;;/h5-9,11H,1,4,10,12H2,2-3H3;5H,2-4H2,1H3;2*1H;/q2*-1;;;+2/p-2. The van der Waals surface area contributed by atoms with E-state index in [1.807, 2.05) is 0 Å². The van der Waals surface area contributed by atoms with Gasteiger partial charge in [0, 0.05) is 6.54 Å². The Hall–Kier alpha value is -0.0857. The topological polar surface area (TPSA) is 27.0 Å². The number of benzene rings is 1. The number of allylic oxidation sites excluding steroid dienone is 2. The minimum Gasteiger partial charge on any atom is -1.00 e. The van der Waals surface area contributed by atoms with Crippen LogP contribution in [0.1, 0.15) is 37.3 Å². The quantitative estimate of drug-likeness (QED) is 0.439. The number of hydrogen-bond donors (Lipinski definition) is 0. The molecule has 0 saturated heterocycles. The van der Waals surface area contributed by atoms with Crippen LogP contribution in [0.2, 0.25) is 0 Å². The Morgan fingerprint density at radius 1 is 1.16 bits per heavy atom. The Bertz CT molecular complexity index is 512. The van der Waals surface area contributed by atoms with Crippen molar-refractivity contribution >= 4 is 5.57 Å². The van der Waals surface area contributed by atoms with E-state index >= 15 is 0 Å². The fraction of sp³-hybridized carbons (Fsp3) is 0.450. The molecule has 0 unspecified atom stereocenters. The Kier molecular flexibility index (Phi) is 20.6. The summed E-state index contributed by atoms with van der Waals surface area (Å²) in [5, 5.41) is 0. The molecule has 5 heteroatoms. The van der Waals surface area contributed by atoms with Gasteiger partial charge in [0.15, 0.2) is 0 Å². The summed E-state index contributed by atoms with van der Waals surface area (Å²) in [4.78, 5) is 2.21. The predicted octanol–water partition coefficient (Wildman–Crippen LogP) is -0.818. The summed E-state index contributed by atoms with van der Waals surface area (Å²) in [6, 6.07) is 8.58. The number of nitrogens with one attached hydrogen (secondary N) is 1. The Labute approximate surface area is 182 Å². The van der Waals surface area contributed by atoms with E-state index in [1.165, 1.54) is 22.3 Å². The van der Waals surface area contributed by atoms with E-state index in [-0.39, 0.29) is 46.5 Å². The molecule has 1 aromatic rings. The maximum absolute atomic E-state index is 6.60. The summed E-state index contributed by atoms with van der Waals surface area (Å²) in [7, 11) is 4.22. The van der Waals surface area contributed by atoms with Crippen molar-refractivity contribution in [1.82, 2.24) is 4.90 Å². The summed E-state index contributed by atoms with van der Waals surface area (Å²) in [6.07, 6.45) is 8.78. The first-order chi connectivity index (χ1) is 10.6. The second kappa shape index (κ2) is 17.3. The average molecular weight is 417 g/mol. The SMILES string of the molecule is CCCC[NH-].[CH2-]Cc1ccccc1C1=CC(CN(C)C)=CC1.[Cl-].[Cl-].[Ti+2]. The molecule has 1 aliphatic carbocycles. The van der Waals surface area contributed by atoms with Gasteiger partial charge in [-0.3, -0.25) is 0 Å². The van der Waals surface area contributed by atoms with Gasteiger partial charge in [0.1, 0.15) is 0 Å². The third kappa shape index (κ3) is 11.3. The van der Waals surface area contributed by atoms with Crippen molar-refractivity contribution in [3.8, 4) is 0 Å². The zero-order valence-corrected chi connectivity index (χ0v) is 18.7. The maximum atomic E-state index is 6.60. The van der Waals surface area contributed by atoms with E-state index in [0.717, 1.165) is 32.2 Å². The number of rotatable bonds is 6. The van der Waals surface area contributed by atoms with E-state index < -0.39 is 0 Å². The van der Waals surface area contributed by atoms with Crippen molar-refractivity contribution in [2.45, 2.75) is 32.6 Å². The van der Waals surface area contributed by atoms with Gasteiger partial charge in [-0.05, 0) is 37.2 Å². The molecule has 2 nitrogen and oxygen atoms in total. The van der Waals surface area contributed by atoms with Crippen molar-refractivity contribution in [2.75, 3.05) is 27.2 Å². The van der Waals surface area contributed by atoms with Crippen molar-refractivity contribution in [1.29, 1.82) is 0 Å². The van der Waals surface area contributed by atoms with Gasteiger partial charge in [-0.15, -0.1) is 0 Å². The first-order valence-electron chi connectivity index (χ1n) is 8.18. The summed E-state index contributed by atoms with van der Waals surface area (Å²) < 4.78 is 0. The molecule has 25 heavy (non-hydrogen) atoms. The summed E-state index contributed by atoms with van der Waals surface area (Å²) in [6.45, 7) is 7.71. The molecule has 0 aromatic heterocycles. The molecule has 2 rings (SSSR count). The van der Waals surface area contributed by atoms with E-state index in [2.05, 4.69) is 69.3 Å². The van der Waals surface area contributed by atoms with Crippen molar-refractivity contribution in [3.63, 3.8) is 0 Å². The minimum absolute atomic E-state index is 0. The third-order valence-corrected chi connectivity index (χ3v) is 3.61. The van der Waals surface area contributed by atoms with Gasteiger partial charge in [0.25, 0.3) is 0 Å². The van der Waals surface area contributed by atoms with Gasteiger partial charge in [-0.25, -0.2) is 0 Å². The average Bonchev–Trinajstić information content (AvgIpc) is 2.96. The number of likely N-dealkylation sites (N-methyl/N-ethyl adjacent to an activating group) is 1. The van der Waals surface area contributed by atoms with Crippen LogP contribution in [0.25, 0.3) is 11.3 Å². The minimum atomic E-state index is 0. The van der Waals surface area contributed by atoms with Crippen LogP contribution < -0.4 is 24.8 Å². The van der Waals surface area contributed by atoms with Crippen molar-refractivity contribution in [3.05, 3.63) is 65.8 Å². The van der Waals surface area contributed by atoms with E-state index in [9.17, 15) is 0 Å². The monoisotopic (exact) mass is 416 g/mol. The molecule has 0 fully saturated rings. The molecule has 0 spiro atoms. The van der Waals surface area contributed by atoms with Gasteiger partial charge in [-0.2, -0.15) is 13.0 Å². The van der Waals surface area contributed by atoms with Gasteiger partial charge >= 0.3 is 21.7 Å². The van der Waals surface area contributed by atoms with E-state index in [0.29, 0.717) is 6.54 Å². The predicted molar refractivity (Wildman–Crippen MR) is 98.8 cm³/mol. The van der Waals surface area contributed by atoms with Crippen LogP contribution in [0, 0.1) is 6.92 Å². The largest absolute Gasteiger partial charge is 2.00 e. The van der Waals surface area contributed by atoms with Gasteiger partial charge < -0.3 is 42.4 Å². The molecule has 0 bridgehead atoms. The summed E-state index contributed by atoms with van der Waals surface area (Å²) >= 11 is 0. The summed E-state index contributed by atoms with van der Waals surface area (Å²) in [5.41, 5.74) is 12.2. The van der Waals surface area contributed by atoms with Crippen molar-refractivity contribution in [2.24, 2.45) is 0 Å². The molecule has 0 saturated carbocycles. The summed E-state index contributed by atoms with van der Waals surface area (Å²) in [5.74, 6) is 0. The van der Waals surface area contributed by atoms with E-state index in [4.69, 9.17) is 5.73 Å². The molecule has 0 amide bonds. The first-order valence-corrected chi connectivity index (χ1v) is 8.18. The van der Waals surface area contributed by atoms with Gasteiger partial charge in [0.05, 0.1) is 0 Å². The molecular weight excluding hydrogens is 387 g/mol. The molecule has 1 aliphatic rings. The smallest absolute Gasteiger partial charge is 1.00 e. The van der Waals surface area contributed by atoms with Crippen LogP contribution in [0.4, 0.5) is 0 Å². The van der Waals surface area contributed by atoms with Crippen molar-refractivity contribution < 1.29 is 46.5 Å². The Morgan fingerprint density at radius 3 is 2.28 bits per heavy atom. The van der Waals surface area contributed by atoms with Crippen LogP contribution in [0.15, 0.2) is 42.0 Å². The Morgan fingerprint density at radius 2 is 1.80 bits per heavy atom. The zero-order valence-electron chi connectivity index (χ0n) is 15.6. The van der Waals surface area contributed by atoms with Gasteiger partial charge in [0.2, 0.25) is 0 Å². The number of unbranched alkanes of at least 4 members (excludes halogenated alkanes) is 1. The molecule has 0 atom stereocenters. The maximum Gasteiger partial charge on any atom is 2.00 e. The molecule has 1 N–H and O–H groups in total. The number of hydrogen-bond acceptors (Lipinski definition) is 1. The van der Waals surface area contributed by atoms with Crippen LogP contribution in [0.5, 0.6) is 0 Å². The van der Waals surface area contributed by atoms with Crippen LogP contribution in [-0.2, 0) is 28.1 Å². The zero-order chi connectivity index (χ0) is 16.4. The third-order valence-electron chi connectivity index (χ3n) is 3.61. The molecule has 1 aromatic carbocycles. The second-order valence-corrected chi connectivity index (χ2v) is 5.90. The molecular formula is C20H30Cl2N2Ti-2. The molecule has 0 radical (unpaired) electrons. The molecule has 0 aliphatic heterocycles. The second-order valence-electron chi connectivity index (χ2n) is 5.90. The van der Waals surface area contributed by atoms with Gasteiger partial charge in [-0.1, -0.05) is 61.7 Å². The van der Waals surface area contributed by atoms with Crippen LogP contribution in [0.3, 0.4) is 0 Å². The fourth-order valence-corrected chi connectivity index (χ4v) is 2.47. The van der Waals surface area contributed by atoms with Crippen LogP contribution >= 0.6 is 0 Å². The van der Waals surface area contributed by atoms with E-state index in [1.54, 1.807) is 0 Å². The number of halogens is 2. The first kappa shape index (κ1) is 29.7.